The van der Waals surface area contributed by atoms with Gasteiger partial charge in [-0.1, -0.05) is 86.6 Å². The average Bonchev–Trinajstić information content (AvgIpc) is 3.56. The van der Waals surface area contributed by atoms with Gasteiger partial charge in [0.1, 0.15) is 17.4 Å². The van der Waals surface area contributed by atoms with E-state index in [9.17, 15) is 13.2 Å². The average molecular weight is 751 g/mol. The summed E-state index contributed by atoms with van der Waals surface area (Å²) in [5.41, 5.74) is 6.07. The Morgan fingerprint density at radius 1 is 0.889 bits per heavy atom. The van der Waals surface area contributed by atoms with Crippen LogP contribution in [0.5, 0.6) is 0 Å². The van der Waals surface area contributed by atoms with Crippen LogP contribution in [0, 0.1) is 12.8 Å². The minimum atomic E-state index is -3.97. The minimum absolute atomic E-state index is 0.0841. The van der Waals surface area contributed by atoms with E-state index >= 15 is 0 Å². The number of aryl methyl sites for hydroxylation is 1. The van der Waals surface area contributed by atoms with Gasteiger partial charge in [0.15, 0.2) is 0 Å². The number of ether oxygens (including phenoxy) is 1. The lowest BCUT2D eigenvalue weighted by molar-refractivity contribution is -0.153. The molecule has 286 valence electrons. The van der Waals surface area contributed by atoms with Gasteiger partial charge in [-0.15, -0.1) is 0 Å². The Morgan fingerprint density at radius 3 is 2.13 bits per heavy atom. The topological polar surface area (TPSA) is 112 Å². The van der Waals surface area contributed by atoms with Crippen LogP contribution in [0.4, 0.5) is 0 Å². The lowest BCUT2D eigenvalue weighted by Gasteiger charge is -2.40. The fraction of sp³-hybridized carbons (Fsp3) is 0.419. The van der Waals surface area contributed by atoms with Gasteiger partial charge in [0.05, 0.1) is 28.3 Å². The maximum atomic E-state index is 13.8. The Labute approximate surface area is 320 Å². The van der Waals surface area contributed by atoms with Crippen molar-refractivity contribution in [2.24, 2.45) is 5.92 Å². The molecule has 1 aliphatic heterocycles. The Morgan fingerprint density at radius 2 is 1.52 bits per heavy atom. The molecule has 1 fully saturated rings. The van der Waals surface area contributed by atoms with Gasteiger partial charge >= 0.3 is 5.97 Å². The predicted octanol–water partition coefficient (Wildman–Crippen LogP) is 7.01. The van der Waals surface area contributed by atoms with E-state index in [1.165, 1.54) is 22.5 Å². The molecule has 0 unspecified atom stereocenters. The zero-order valence-electron chi connectivity index (χ0n) is 32.2. The zero-order valence-corrected chi connectivity index (χ0v) is 33.0. The summed E-state index contributed by atoms with van der Waals surface area (Å²) < 4.78 is 34.8. The number of aromatic nitrogens is 3. The number of likely N-dealkylation sites (N-methyl/N-ethyl adjacent to an activating group) is 1. The van der Waals surface area contributed by atoms with Crippen LogP contribution in [-0.4, -0.2) is 95.4 Å². The number of imidazole rings is 1. The van der Waals surface area contributed by atoms with E-state index in [0.29, 0.717) is 19.3 Å². The second-order valence-electron chi connectivity index (χ2n) is 15.0. The Kier molecular flexibility index (Phi) is 13.0. The van der Waals surface area contributed by atoms with Crippen molar-refractivity contribution in [2.75, 3.05) is 39.8 Å². The number of carbonyl (C=O) groups excluding carboxylic acids is 1. The Hall–Kier alpha value is -4.42. The maximum Gasteiger partial charge on any atom is 0.324 e. The van der Waals surface area contributed by atoms with Crippen molar-refractivity contribution in [3.05, 3.63) is 125 Å². The molecule has 5 aromatic rings. The summed E-state index contributed by atoms with van der Waals surface area (Å²) >= 11 is 0. The summed E-state index contributed by atoms with van der Waals surface area (Å²) in [5, 5.41) is 0. The van der Waals surface area contributed by atoms with Crippen molar-refractivity contribution in [3.8, 4) is 0 Å². The molecular weight excluding hydrogens is 697 g/mol. The first-order chi connectivity index (χ1) is 26.0. The van der Waals surface area contributed by atoms with E-state index in [4.69, 9.17) is 4.74 Å². The number of pyridine rings is 1. The predicted molar refractivity (Wildman–Crippen MR) is 214 cm³/mol. The summed E-state index contributed by atoms with van der Waals surface area (Å²) in [7, 11) is -2.50. The van der Waals surface area contributed by atoms with Crippen LogP contribution in [-0.2, 0) is 26.0 Å². The first-order valence-corrected chi connectivity index (χ1v) is 20.6. The van der Waals surface area contributed by atoms with Crippen LogP contribution in [0.1, 0.15) is 74.3 Å². The molecule has 3 heterocycles. The number of benzene rings is 3. The van der Waals surface area contributed by atoms with E-state index in [0.717, 1.165) is 67.3 Å². The van der Waals surface area contributed by atoms with Crippen LogP contribution in [0.2, 0.25) is 0 Å². The molecular formula is C43H54N6O4S. The second-order valence-corrected chi connectivity index (χ2v) is 17.0. The summed E-state index contributed by atoms with van der Waals surface area (Å²) in [6, 6.07) is 29.4. The molecule has 2 atom stereocenters. The van der Waals surface area contributed by atoms with E-state index in [-0.39, 0.29) is 23.0 Å². The molecule has 10 nitrogen and oxygen atoms in total. The molecule has 0 bridgehead atoms. The zero-order chi connectivity index (χ0) is 38.2. The van der Waals surface area contributed by atoms with Gasteiger partial charge in [-0.25, -0.2) is 13.4 Å². The maximum absolute atomic E-state index is 13.8. The van der Waals surface area contributed by atoms with E-state index in [2.05, 4.69) is 85.4 Å². The van der Waals surface area contributed by atoms with Crippen molar-refractivity contribution in [3.63, 3.8) is 0 Å². The van der Waals surface area contributed by atoms with Gasteiger partial charge in [-0.3, -0.25) is 14.7 Å². The highest BCUT2D eigenvalue weighted by atomic mass is 32.2. The molecule has 0 saturated carbocycles. The number of aromatic amines is 1. The van der Waals surface area contributed by atoms with E-state index < -0.39 is 22.0 Å². The molecule has 1 N–H and O–H groups in total. The third kappa shape index (κ3) is 9.62. The number of sulfonamides is 1. The number of hydrogen-bond acceptors (Lipinski definition) is 8. The van der Waals surface area contributed by atoms with Crippen molar-refractivity contribution < 1.29 is 17.9 Å². The Balaban J connectivity index is 1.01. The summed E-state index contributed by atoms with van der Waals surface area (Å²) in [5.74, 6) is 0.392. The number of rotatable bonds is 16. The van der Waals surface area contributed by atoms with Gasteiger partial charge in [0.25, 0.3) is 0 Å². The SMILES string of the molecule is Cc1nc2c(Cc3ccc(S(=O)(=O)N(C)[C@@H](CC(C)C)C(=O)O[C@H](C)CCCN4CCN(C(c5ccccc5)c5ccccc5)CC4)cc3)nccc2[nH]1. The molecule has 0 spiro atoms. The summed E-state index contributed by atoms with van der Waals surface area (Å²) in [6.07, 6.45) is 3.87. The lowest BCUT2D eigenvalue weighted by Crippen LogP contribution is -2.48. The number of nitrogens with one attached hydrogen (secondary N) is 1. The lowest BCUT2D eigenvalue weighted by atomic mass is 9.96. The van der Waals surface area contributed by atoms with Crippen molar-refractivity contribution in [2.45, 2.75) is 76.5 Å². The number of hydrogen-bond donors (Lipinski definition) is 1. The van der Waals surface area contributed by atoms with Crippen LogP contribution in [0.25, 0.3) is 11.0 Å². The smallest absolute Gasteiger partial charge is 0.324 e. The normalized spacial score (nSPS) is 15.6. The molecule has 6 rings (SSSR count). The molecule has 0 radical (unpaired) electrons. The highest BCUT2D eigenvalue weighted by Gasteiger charge is 2.35. The standard InChI is InChI=1S/C43H54N6O4S/c1-31(2)29-40(47(5)54(51,52)37-20-18-34(19-21-37)30-39-41-38(22-23-44-39)45-33(4)46-41)43(50)53-32(3)13-12-24-48-25-27-49(28-26-48)42(35-14-8-6-9-15-35)36-16-10-7-11-17-36/h6-11,14-23,31-32,40,42H,12-13,24-30H2,1-5H3,(H,45,46)/t32-,40+/m1/s1. The quantitative estimate of drug-likeness (QED) is 0.107. The third-order valence-corrected chi connectivity index (χ3v) is 12.3. The highest BCUT2D eigenvalue weighted by Crippen LogP contribution is 2.30. The molecule has 3 aromatic carbocycles. The fourth-order valence-corrected chi connectivity index (χ4v) is 8.78. The second kappa shape index (κ2) is 17.8. The van der Waals surface area contributed by atoms with Crippen LogP contribution < -0.4 is 0 Å². The molecule has 1 aliphatic rings. The number of fused-ring (bicyclic) bond motifs is 1. The van der Waals surface area contributed by atoms with Crippen molar-refractivity contribution >= 4 is 27.0 Å². The molecule has 1 saturated heterocycles. The van der Waals surface area contributed by atoms with Crippen LogP contribution in [0.15, 0.2) is 102 Å². The minimum Gasteiger partial charge on any atom is -0.461 e. The van der Waals surface area contributed by atoms with Crippen molar-refractivity contribution in [1.29, 1.82) is 0 Å². The number of piperazine rings is 1. The van der Waals surface area contributed by atoms with Gasteiger partial charge in [0.2, 0.25) is 10.0 Å². The molecule has 0 amide bonds. The molecule has 54 heavy (non-hydrogen) atoms. The first-order valence-electron chi connectivity index (χ1n) is 19.1. The van der Waals surface area contributed by atoms with Crippen molar-refractivity contribution in [1.82, 2.24) is 29.1 Å². The van der Waals surface area contributed by atoms with Crippen LogP contribution in [0.3, 0.4) is 0 Å². The molecule has 0 aliphatic carbocycles. The third-order valence-electron chi connectivity index (χ3n) is 10.4. The number of nitrogens with zero attached hydrogens (tertiary/aromatic N) is 5. The summed E-state index contributed by atoms with van der Waals surface area (Å²) in [6.45, 7) is 12.6. The van der Waals surface area contributed by atoms with Gasteiger partial charge in [-0.2, -0.15) is 4.31 Å². The monoisotopic (exact) mass is 750 g/mol. The first kappa shape index (κ1) is 39.3. The number of carbonyl (C=O) groups is 1. The van der Waals surface area contributed by atoms with E-state index in [1.807, 2.05) is 33.8 Å². The van der Waals surface area contributed by atoms with E-state index in [1.54, 1.807) is 30.5 Å². The summed E-state index contributed by atoms with van der Waals surface area (Å²) in [4.78, 5) is 31.1. The van der Waals surface area contributed by atoms with Crippen LogP contribution >= 0.6 is 0 Å². The van der Waals surface area contributed by atoms with Gasteiger partial charge < -0.3 is 14.6 Å². The molecule has 11 heteroatoms. The highest BCUT2D eigenvalue weighted by molar-refractivity contribution is 7.89. The largest absolute Gasteiger partial charge is 0.461 e. The number of H-pyrrole nitrogens is 1. The number of esters is 1. The van der Waals surface area contributed by atoms with Gasteiger partial charge in [-0.05, 0) is 80.5 Å². The fourth-order valence-electron chi connectivity index (χ4n) is 7.46. The Bertz CT molecular complexity index is 2020. The van der Waals surface area contributed by atoms with Gasteiger partial charge in [0, 0.05) is 45.8 Å². The molecule has 2 aromatic heterocycles.